The van der Waals surface area contributed by atoms with Crippen molar-refractivity contribution in [2.75, 3.05) is 13.2 Å². The fourth-order valence-electron chi connectivity index (χ4n) is 9.35. The first kappa shape index (κ1) is 65.4. The maximum absolute atomic E-state index is 12.8. The van der Waals surface area contributed by atoms with Crippen LogP contribution in [-0.2, 0) is 28.6 Å². The van der Waals surface area contributed by atoms with Crippen LogP contribution in [0.2, 0.25) is 0 Å². The summed E-state index contributed by atoms with van der Waals surface area (Å²) in [4.78, 5) is 38.2. The van der Waals surface area contributed by atoms with E-state index in [0.29, 0.717) is 19.3 Å². The number of unbranched alkanes of at least 4 members (excludes halogenated alkanes) is 37. The Morgan fingerprint density at radius 3 is 0.642 bits per heavy atom. The molecule has 0 amide bonds. The van der Waals surface area contributed by atoms with Crippen LogP contribution in [0.15, 0.2) is 0 Å². The average Bonchev–Trinajstić information content (AvgIpc) is 3.29. The summed E-state index contributed by atoms with van der Waals surface area (Å²) in [5.74, 6) is 1.67. The van der Waals surface area contributed by atoms with Gasteiger partial charge >= 0.3 is 17.9 Å². The van der Waals surface area contributed by atoms with E-state index in [-0.39, 0.29) is 31.1 Å². The Kier molecular flexibility index (Phi) is 51.0. The highest BCUT2D eigenvalue weighted by Gasteiger charge is 2.19. The van der Waals surface area contributed by atoms with Crippen LogP contribution in [0.3, 0.4) is 0 Å². The summed E-state index contributed by atoms with van der Waals surface area (Å²) in [6.07, 6.45) is 55.3. The van der Waals surface area contributed by atoms with Crippen LogP contribution < -0.4 is 0 Å². The van der Waals surface area contributed by atoms with Crippen molar-refractivity contribution >= 4 is 17.9 Å². The number of esters is 3. The van der Waals surface area contributed by atoms with Gasteiger partial charge in [0.15, 0.2) is 6.10 Å². The molecule has 0 aromatic rings. The molecule has 0 N–H and O–H groups in total. The molecule has 0 saturated heterocycles. The third-order valence-corrected chi connectivity index (χ3v) is 13.9. The van der Waals surface area contributed by atoms with Gasteiger partial charge in [-0.05, 0) is 37.0 Å². The number of hydrogen-bond donors (Lipinski definition) is 0. The lowest BCUT2D eigenvalue weighted by atomic mass is 10.0. The van der Waals surface area contributed by atoms with E-state index in [1.165, 1.54) is 218 Å². The third kappa shape index (κ3) is 55.2. The molecule has 6 nitrogen and oxygen atoms in total. The highest BCUT2D eigenvalue weighted by atomic mass is 16.6. The van der Waals surface area contributed by atoms with E-state index in [4.69, 9.17) is 14.2 Å². The summed E-state index contributed by atoms with van der Waals surface area (Å²) >= 11 is 0. The fraction of sp³-hybridized carbons (Fsp3) is 0.951. The molecule has 0 aromatic heterocycles. The van der Waals surface area contributed by atoms with Gasteiger partial charge < -0.3 is 14.2 Å². The molecule has 0 aliphatic heterocycles. The van der Waals surface area contributed by atoms with Crippen LogP contribution in [0.1, 0.15) is 337 Å². The maximum atomic E-state index is 12.8. The van der Waals surface area contributed by atoms with Crippen molar-refractivity contribution in [2.24, 2.45) is 17.8 Å². The Morgan fingerprint density at radius 2 is 0.433 bits per heavy atom. The van der Waals surface area contributed by atoms with Gasteiger partial charge in [0.05, 0.1) is 0 Å². The molecule has 0 unspecified atom stereocenters. The van der Waals surface area contributed by atoms with Gasteiger partial charge in [0.1, 0.15) is 13.2 Å². The van der Waals surface area contributed by atoms with Gasteiger partial charge in [0.2, 0.25) is 0 Å². The summed E-state index contributed by atoms with van der Waals surface area (Å²) in [6.45, 7) is 13.8. The maximum Gasteiger partial charge on any atom is 0.306 e. The third-order valence-electron chi connectivity index (χ3n) is 13.9. The van der Waals surface area contributed by atoms with Crippen molar-refractivity contribution in [3.05, 3.63) is 0 Å². The molecular weight excluding hydrogens is 829 g/mol. The zero-order chi connectivity index (χ0) is 49.1. The number of rotatable bonds is 54. The molecule has 0 heterocycles. The minimum atomic E-state index is -0.764. The number of carbonyl (C=O) groups is 3. The minimum Gasteiger partial charge on any atom is -0.462 e. The summed E-state index contributed by atoms with van der Waals surface area (Å²) in [5.41, 5.74) is 0. The molecule has 0 rings (SSSR count). The van der Waals surface area contributed by atoms with Crippen LogP contribution >= 0.6 is 0 Å². The van der Waals surface area contributed by atoms with Crippen LogP contribution in [0.25, 0.3) is 0 Å². The molecule has 0 aliphatic carbocycles. The van der Waals surface area contributed by atoms with Gasteiger partial charge in [-0.25, -0.2) is 0 Å². The largest absolute Gasteiger partial charge is 0.462 e. The van der Waals surface area contributed by atoms with Gasteiger partial charge in [0, 0.05) is 19.3 Å². The molecule has 0 aliphatic rings. The van der Waals surface area contributed by atoms with Gasteiger partial charge in [0.25, 0.3) is 0 Å². The molecular formula is C61H118O6. The molecule has 0 radical (unpaired) electrons. The molecule has 67 heavy (non-hydrogen) atoms. The predicted octanol–water partition coefficient (Wildman–Crippen LogP) is 19.9. The predicted molar refractivity (Wildman–Crippen MR) is 289 cm³/mol. The highest BCUT2D eigenvalue weighted by Crippen LogP contribution is 2.19. The van der Waals surface area contributed by atoms with E-state index in [1.54, 1.807) is 0 Å². The first-order valence-electron chi connectivity index (χ1n) is 30.1. The molecule has 0 bridgehead atoms. The number of ether oxygens (including phenoxy) is 3. The molecule has 0 fully saturated rings. The standard InChI is InChI=1S/C61H118O6/c1-55(2)47-41-35-29-23-17-13-11-9-7-8-10-12-14-19-26-32-38-44-50-59(62)65-53-58(67-61(64)52-46-40-34-28-22-21-25-31-37-43-49-57(5)6)54-66-60(63)51-45-39-33-27-20-16-15-18-24-30-36-42-48-56(3)4/h55-58H,7-54H2,1-6H3/t58-/m1/s1. The lowest BCUT2D eigenvalue weighted by Crippen LogP contribution is -2.30. The van der Waals surface area contributed by atoms with E-state index < -0.39 is 6.10 Å². The summed E-state index contributed by atoms with van der Waals surface area (Å²) in [6, 6.07) is 0. The normalized spacial score (nSPS) is 12.1. The SMILES string of the molecule is CC(C)CCCCCCCCCCCCCCCCCCCCC(=O)OC[C@H](COC(=O)CCCCCCCCCCCCCCC(C)C)OC(=O)CCCCCCCCCCCCC(C)C. The van der Waals surface area contributed by atoms with E-state index in [9.17, 15) is 14.4 Å². The Hall–Kier alpha value is -1.59. The fourth-order valence-corrected chi connectivity index (χ4v) is 9.35. The molecule has 398 valence electrons. The Morgan fingerprint density at radius 1 is 0.254 bits per heavy atom. The van der Waals surface area contributed by atoms with Crippen molar-refractivity contribution in [1.82, 2.24) is 0 Å². The van der Waals surface area contributed by atoms with Crippen LogP contribution in [0, 0.1) is 17.8 Å². The first-order chi connectivity index (χ1) is 32.6. The Bertz CT molecular complexity index is 1040. The second kappa shape index (κ2) is 52.2. The van der Waals surface area contributed by atoms with Crippen molar-refractivity contribution in [3.63, 3.8) is 0 Å². The van der Waals surface area contributed by atoms with Crippen molar-refractivity contribution in [2.45, 2.75) is 343 Å². The zero-order valence-electron chi connectivity index (χ0n) is 46.2. The summed E-state index contributed by atoms with van der Waals surface area (Å²) < 4.78 is 16.9. The second-order valence-corrected chi connectivity index (χ2v) is 22.4. The van der Waals surface area contributed by atoms with Crippen molar-refractivity contribution in [3.8, 4) is 0 Å². The van der Waals surface area contributed by atoms with Crippen molar-refractivity contribution in [1.29, 1.82) is 0 Å². The lowest BCUT2D eigenvalue weighted by molar-refractivity contribution is -0.167. The quantitative estimate of drug-likeness (QED) is 0.0343. The second-order valence-electron chi connectivity index (χ2n) is 22.4. The van der Waals surface area contributed by atoms with E-state index in [2.05, 4.69) is 41.5 Å². The van der Waals surface area contributed by atoms with Gasteiger partial charge in [-0.3, -0.25) is 14.4 Å². The Balaban J connectivity index is 4.24. The van der Waals surface area contributed by atoms with E-state index in [0.717, 1.165) is 75.5 Å². The molecule has 1 atom stereocenters. The van der Waals surface area contributed by atoms with E-state index >= 15 is 0 Å². The van der Waals surface area contributed by atoms with Gasteiger partial charge in [-0.2, -0.15) is 0 Å². The van der Waals surface area contributed by atoms with Crippen LogP contribution in [0.5, 0.6) is 0 Å². The van der Waals surface area contributed by atoms with Gasteiger partial charge in [-0.1, -0.05) is 298 Å². The smallest absolute Gasteiger partial charge is 0.306 e. The highest BCUT2D eigenvalue weighted by molar-refractivity contribution is 5.71. The average molecular weight is 948 g/mol. The molecule has 6 heteroatoms. The summed E-state index contributed by atoms with van der Waals surface area (Å²) in [7, 11) is 0. The molecule has 0 aromatic carbocycles. The Labute approximate surface area is 418 Å². The minimum absolute atomic E-state index is 0.0634. The first-order valence-corrected chi connectivity index (χ1v) is 30.1. The van der Waals surface area contributed by atoms with Crippen LogP contribution in [-0.4, -0.2) is 37.2 Å². The monoisotopic (exact) mass is 947 g/mol. The lowest BCUT2D eigenvalue weighted by Gasteiger charge is -2.18. The topological polar surface area (TPSA) is 78.9 Å². The van der Waals surface area contributed by atoms with Crippen molar-refractivity contribution < 1.29 is 28.6 Å². The molecule has 0 saturated carbocycles. The van der Waals surface area contributed by atoms with E-state index in [1.807, 2.05) is 0 Å². The zero-order valence-corrected chi connectivity index (χ0v) is 46.2. The van der Waals surface area contributed by atoms with Crippen LogP contribution in [0.4, 0.5) is 0 Å². The van der Waals surface area contributed by atoms with Gasteiger partial charge in [-0.15, -0.1) is 0 Å². The summed E-state index contributed by atoms with van der Waals surface area (Å²) in [5, 5.41) is 0. The number of carbonyl (C=O) groups excluding carboxylic acids is 3. The molecule has 0 spiro atoms. The number of hydrogen-bond acceptors (Lipinski definition) is 6.